The Bertz CT molecular complexity index is 1000. The zero-order valence-electron chi connectivity index (χ0n) is 17.9. The summed E-state index contributed by atoms with van der Waals surface area (Å²) < 4.78 is 13.4. The van der Waals surface area contributed by atoms with Crippen molar-refractivity contribution >= 4 is 17.8 Å². The van der Waals surface area contributed by atoms with Crippen molar-refractivity contribution in [3.8, 4) is 0 Å². The molecule has 0 atom stereocenters. The number of benzene rings is 2. The molecule has 168 valence electrons. The first kappa shape index (κ1) is 21.8. The second-order valence-corrected chi connectivity index (χ2v) is 8.19. The van der Waals surface area contributed by atoms with E-state index in [0.29, 0.717) is 51.3 Å². The number of urea groups is 1. The Kier molecular flexibility index (Phi) is 6.68. The Morgan fingerprint density at radius 1 is 0.906 bits per heavy atom. The first-order chi connectivity index (χ1) is 15.5. The summed E-state index contributed by atoms with van der Waals surface area (Å²) in [7, 11) is 0. The monoisotopic (exact) mass is 438 g/mol. The van der Waals surface area contributed by atoms with Crippen molar-refractivity contribution in [3.63, 3.8) is 0 Å². The van der Waals surface area contributed by atoms with Crippen LogP contribution >= 0.6 is 0 Å². The molecule has 2 aliphatic heterocycles. The van der Waals surface area contributed by atoms with E-state index in [0.717, 1.165) is 24.1 Å². The molecule has 0 aliphatic carbocycles. The van der Waals surface area contributed by atoms with Crippen molar-refractivity contribution < 1.29 is 18.8 Å². The number of carbonyl (C=O) groups is 3. The number of nitrogens with zero attached hydrogens (tertiary/aromatic N) is 3. The van der Waals surface area contributed by atoms with Crippen LogP contribution in [0.1, 0.15) is 34.3 Å². The lowest BCUT2D eigenvalue weighted by atomic mass is 10.1. The minimum Gasteiger partial charge on any atom is -0.338 e. The van der Waals surface area contributed by atoms with Gasteiger partial charge < -0.3 is 20.0 Å². The molecule has 2 aromatic carbocycles. The molecule has 2 aromatic rings. The van der Waals surface area contributed by atoms with Crippen molar-refractivity contribution in [1.82, 2.24) is 20.0 Å². The summed E-state index contributed by atoms with van der Waals surface area (Å²) in [6, 6.07) is 13.4. The summed E-state index contributed by atoms with van der Waals surface area (Å²) in [5.41, 5.74) is 2.34. The predicted octanol–water partition coefficient (Wildman–Crippen LogP) is 2.62. The molecule has 0 spiro atoms. The number of carbonyl (C=O) groups excluding carboxylic acids is 3. The first-order valence-corrected chi connectivity index (χ1v) is 10.9. The highest BCUT2D eigenvalue weighted by Gasteiger charge is 2.25. The van der Waals surface area contributed by atoms with Crippen molar-refractivity contribution in [3.05, 3.63) is 71.0 Å². The summed E-state index contributed by atoms with van der Waals surface area (Å²) in [5.74, 6) is -0.471. The van der Waals surface area contributed by atoms with Crippen LogP contribution < -0.4 is 5.32 Å². The lowest BCUT2D eigenvalue weighted by Crippen LogP contribution is -2.53. The molecule has 0 bridgehead atoms. The van der Waals surface area contributed by atoms with Gasteiger partial charge in [-0.15, -0.1) is 0 Å². The van der Waals surface area contributed by atoms with E-state index in [-0.39, 0.29) is 17.8 Å². The second kappa shape index (κ2) is 9.80. The summed E-state index contributed by atoms with van der Waals surface area (Å²) in [6.45, 7) is 3.44. The van der Waals surface area contributed by atoms with Gasteiger partial charge in [-0.2, -0.15) is 0 Å². The number of piperazine rings is 1. The molecule has 32 heavy (non-hydrogen) atoms. The van der Waals surface area contributed by atoms with E-state index in [9.17, 15) is 18.8 Å². The summed E-state index contributed by atoms with van der Waals surface area (Å²) >= 11 is 0. The normalized spacial score (nSPS) is 16.4. The van der Waals surface area contributed by atoms with Crippen LogP contribution in [0.5, 0.6) is 0 Å². The van der Waals surface area contributed by atoms with Gasteiger partial charge in [0.05, 0.1) is 0 Å². The van der Waals surface area contributed by atoms with E-state index in [2.05, 4.69) is 5.32 Å². The minimum absolute atomic E-state index is 0.178. The van der Waals surface area contributed by atoms with E-state index in [1.165, 1.54) is 18.2 Å². The van der Waals surface area contributed by atoms with Gasteiger partial charge in [-0.1, -0.05) is 30.3 Å². The van der Waals surface area contributed by atoms with Gasteiger partial charge >= 0.3 is 6.03 Å². The van der Waals surface area contributed by atoms with E-state index in [1.807, 2.05) is 29.2 Å². The SMILES string of the molecule is O=C1CCCN1Cc1cccc(CNC(=O)N2CCN(C(=O)c3cccc(F)c3)CC2)c1. The number of rotatable bonds is 5. The molecule has 8 heteroatoms. The van der Waals surface area contributed by atoms with E-state index >= 15 is 0 Å². The molecule has 4 rings (SSSR count). The van der Waals surface area contributed by atoms with Crippen molar-refractivity contribution in [2.45, 2.75) is 25.9 Å². The molecule has 1 N–H and O–H groups in total. The average Bonchev–Trinajstić information content (AvgIpc) is 3.21. The number of nitrogens with one attached hydrogen (secondary N) is 1. The quantitative estimate of drug-likeness (QED) is 0.780. The van der Waals surface area contributed by atoms with E-state index in [1.54, 1.807) is 15.9 Å². The Balaban J connectivity index is 1.25. The maximum absolute atomic E-state index is 13.4. The van der Waals surface area contributed by atoms with Crippen LogP contribution in [-0.2, 0) is 17.9 Å². The average molecular weight is 439 g/mol. The topological polar surface area (TPSA) is 73.0 Å². The van der Waals surface area contributed by atoms with Crippen molar-refractivity contribution in [2.75, 3.05) is 32.7 Å². The van der Waals surface area contributed by atoms with Gasteiger partial charge in [0.2, 0.25) is 5.91 Å². The molecule has 2 aliphatic rings. The zero-order chi connectivity index (χ0) is 22.5. The number of halogens is 1. The van der Waals surface area contributed by atoms with Gasteiger partial charge in [-0.25, -0.2) is 9.18 Å². The smallest absolute Gasteiger partial charge is 0.317 e. The van der Waals surface area contributed by atoms with Crippen LogP contribution in [0.25, 0.3) is 0 Å². The fourth-order valence-electron chi connectivity index (χ4n) is 4.14. The van der Waals surface area contributed by atoms with Crippen LogP contribution in [0.4, 0.5) is 9.18 Å². The molecule has 0 saturated carbocycles. The van der Waals surface area contributed by atoms with Gasteiger partial charge in [0.1, 0.15) is 5.82 Å². The van der Waals surface area contributed by atoms with Gasteiger partial charge in [-0.3, -0.25) is 9.59 Å². The molecular formula is C24H27FN4O3. The molecule has 2 saturated heterocycles. The van der Waals surface area contributed by atoms with Crippen molar-refractivity contribution in [1.29, 1.82) is 0 Å². The fraction of sp³-hybridized carbons (Fsp3) is 0.375. The van der Waals surface area contributed by atoms with Crippen LogP contribution in [0.15, 0.2) is 48.5 Å². The standard InChI is InChI=1S/C24H27FN4O3/c25-21-7-2-6-20(15-21)23(31)27-10-12-28(13-11-27)24(32)26-16-18-4-1-5-19(14-18)17-29-9-3-8-22(29)30/h1-2,4-7,14-15H,3,8-13,16-17H2,(H,26,32). The van der Waals surface area contributed by atoms with E-state index in [4.69, 9.17) is 0 Å². The molecule has 2 heterocycles. The van der Waals surface area contributed by atoms with Crippen LogP contribution in [-0.4, -0.2) is 65.3 Å². The molecule has 0 unspecified atom stereocenters. The van der Waals surface area contributed by atoms with Crippen LogP contribution in [0, 0.1) is 5.82 Å². The Morgan fingerprint density at radius 2 is 1.62 bits per heavy atom. The molecule has 4 amide bonds. The summed E-state index contributed by atoms with van der Waals surface area (Å²) in [4.78, 5) is 42.1. The highest BCUT2D eigenvalue weighted by Crippen LogP contribution is 2.15. The molecular weight excluding hydrogens is 411 g/mol. The third-order valence-corrected chi connectivity index (χ3v) is 5.91. The highest BCUT2D eigenvalue weighted by atomic mass is 19.1. The lowest BCUT2D eigenvalue weighted by Gasteiger charge is -2.34. The maximum Gasteiger partial charge on any atom is 0.317 e. The van der Waals surface area contributed by atoms with Gasteiger partial charge in [0, 0.05) is 57.8 Å². The Hall–Kier alpha value is -3.42. The third-order valence-electron chi connectivity index (χ3n) is 5.91. The Morgan fingerprint density at radius 3 is 2.34 bits per heavy atom. The number of hydrogen-bond acceptors (Lipinski definition) is 3. The largest absolute Gasteiger partial charge is 0.338 e. The van der Waals surface area contributed by atoms with Crippen LogP contribution in [0.3, 0.4) is 0 Å². The summed E-state index contributed by atoms with van der Waals surface area (Å²) in [5, 5.41) is 2.93. The molecule has 7 nitrogen and oxygen atoms in total. The number of likely N-dealkylation sites (tertiary alicyclic amines) is 1. The number of amides is 4. The fourth-order valence-corrected chi connectivity index (χ4v) is 4.14. The first-order valence-electron chi connectivity index (χ1n) is 10.9. The zero-order valence-corrected chi connectivity index (χ0v) is 17.9. The Labute approximate surface area is 186 Å². The van der Waals surface area contributed by atoms with E-state index < -0.39 is 5.82 Å². The molecule has 0 aromatic heterocycles. The lowest BCUT2D eigenvalue weighted by molar-refractivity contribution is -0.128. The minimum atomic E-state index is -0.440. The molecule has 0 radical (unpaired) electrons. The maximum atomic E-state index is 13.4. The van der Waals surface area contributed by atoms with Gasteiger partial charge in [0.25, 0.3) is 5.91 Å². The predicted molar refractivity (Wildman–Crippen MR) is 117 cm³/mol. The number of hydrogen-bond donors (Lipinski definition) is 1. The van der Waals surface area contributed by atoms with Crippen LogP contribution in [0.2, 0.25) is 0 Å². The van der Waals surface area contributed by atoms with Gasteiger partial charge in [-0.05, 0) is 35.7 Å². The van der Waals surface area contributed by atoms with Crippen molar-refractivity contribution in [2.24, 2.45) is 0 Å². The highest BCUT2D eigenvalue weighted by molar-refractivity contribution is 5.94. The third kappa shape index (κ3) is 5.25. The molecule has 2 fully saturated rings. The summed E-state index contributed by atoms with van der Waals surface area (Å²) in [6.07, 6.45) is 1.53. The van der Waals surface area contributed by atoms with Gasteiger partial charge in [0.15, 0.2) is 0 Å². The second-order valence-electron chi connectivity index (χ2n) is 8.19.